The number of nitrogens with one attached hydrogen (secondary N) is 1. The molecule has 15 heavy (non-hydrogen) atoms. The summed E-state index contributed by atoms with van der Waals surface area (Å²) in [6, 6.07) is 0.811. The fourth-order valence-electron chi connectivity index (χ4n) is 3.63. The molecule has 1 atom stereocenters. The molecular formula is C12H22N2O. The van der Waals surface area contributed by atoms with Crippen LogP contribution in [0.15, 0.2) is 0 Å². The predicted molar refractivity (Wildman–Crippen MR) is 60.0 cm³/mol. The van der Waals surface area contributed by atoms with Crippen molar-refractivity contribution in [3.05, 3.63) is 0 Å². The molecule has 3 fully saturated rings. The number of fused-ring (bicyclic) bond motifs is 2. The van der Waals surface area contributed by atoms with Crippen molar-refractivity contribution in [2.24, 2.45) is 0 Å². The molecule has 3 saturated heterocycles. The maximum atomic E-state index is 5.52. The lowest BCUT2D eigenvalue weighted by Gasteiger charge is -2.55. The average Bonchev–Trinajstić information content (AvgIpc) is 2.31. The highest BCUT2D eigenvalue weighted by atomic mass is 16.5. The first-order valence-electron chi connectivity index (χ1n) is 6.46. The lowest BCUT2D eigenvalue weighted by atomic mass is 9.81. The van der Waals surface area contributed by atoms with E-state index in [-0.39, 0.29) is 0 Å². The number of hydrogen-bond donors (Lipinski definition) is 1. The number of piperazine rings is 1. The topological polar surface area (TPSA) is 24.5 Å². The van der Waals surface area contributed by atoms with E-state index in [0.29, 0.717) is 5.54 Å². The third kappa shape index (κ3) is 1.71. The summed E-state index contributed by atoms with van der Waals surface area (Å²) in [5.74, 6) is 0. The van der Waals surface area contributed by atoms with Gasteiger partial charge in [-0.3, -0.25) is 4.90 Å². The zero-order valence-corrected chi connectivity index (χ0v) is 9.50. The third-order valence-electron chi connectivity index (χ3n) is 4.49. The molecule has 0 aliphatic carbocycles. The zero-order chi connectivity index (χ0) is 10.1. The van der Waals surface area contributed by atoms with Crippen LogP contribution in [0.5, 0.6) is 0 Å². The molecule has 0 amide bonds. The fraction of sp³-hybridized carbons (Fsp3) is 1.00. The molecule has 0 aromatic carbocycles. The first-order chi connectivity index (χ1) is 7.41. The van der Waals surface area contributed by atoms with Gasteiger partial charge in [-0.05, 0) is 32.2 Å². The highest BCUT2D eigenvalue weighted by Crippen LogP contribution is 2.35. The quantitative estimate of drug-likeness (QED) is 0.645. The Morgan fingerprint density at radius 2 is 2.07 bits per heavy atom. The molecular weight excluding hydrogens is 188 g/mol. The van der Waals surface area contributed by atoms with Gasteiger partial charge in [0.1, 0.15) is 0 Å². The Balaban J connectivity index is 1.79. The highest BCUT2D eigenvalue weighted by Gasteiger charge is 2.44. The second-order valence-electron chi connectivity index (χ2n) is 5.31. The first kappa shape index (κ1) is 10.1. The molecule has 86 valence electrons. The molecule has 3 heterocycles. The summed E-state index contributed by atoms with van der Waals surface area (Å²) in [5, 5.41) is 3.65. The van der Waals surface area contributed by atoms with Crippen molar-refractivity contribution in [2.75, 3.05) is 32.8 Å². The maximum absolute atomic E-state index is 5.52. The summed E-state index contributed by atoms with van der Waals surface area (Å²) < 4.78 is 5.52. The SMILES string of the molecule is C1CCN2C(C1)CNCC21CCOCC1. The molecule has 1 N–H and O–H groups in total. The lowest BCUT2D eigenvalue weighted by Crippen LogP contribution is -2.68. The third-order valence-corrected chi connectivity index (χ3v) is 4.49. The number of hydrogen-bond acceptors (Lipinski definition) is 3. The number of ether oxygens (including phenoxy) is 1. The van der Waals surface area contributed by atoms with Crippen LogP contribution >= 0.6 is 0 Å². The van der Waals surface area contributed by atoms with Crippen molar-refractivity contribution in [1.29, 1.82) is 0 Å². The van der Waals surface area contributed by atoms with Crippen molar-refractivity contribution >= 4 is 0 Å². The Morgan fingerprint density at radius 1 is 1.20 bits per heavy atom. The predicted octanol–water partition coefficient (Wildman–Crippen LogP) is 0.993. The lowest BCUT2D eigenvalue weighted by molar-refractivity contribution is -0.0749. The smallest absolute Gasteiger partial charge is 0.0484 e. The monoisotopic (exact) mass is 210 g/mol. The van der Waals surface area contributed by atoms with Gasteiger partial charge in [-0.1, -0.05) is 6.42 Å². The number of rotatable bonds is 0. The van der Waals surface area contributed by atoms with Crippen molar-refractivity contribution in [1.82, 2.24) is 10.2 Å². The summed E-state index contributed by atoms with van der Waals surface area (Å²) in [6.07, 6.45) is 6.69. The van der Waals surface area contributed by atoms with Crippen LogP contribution in [0.2, 0.25) is 0 Å². The Labute approximate surface area is 92.2 Å². The van der Waals surface area contributed by atoms with Gasteiger partial charge in [-0.15, -0.1) is 0 Å². The summed E-state index contributed by atoms with van der Waals surface area (Å²) >= 11 is 0. The van der Waals surface area contributed by atoms with E-state index in [0.717, 1.165) is 19.3 Å². The largest absolute Gasteiger partial charge is 0.381 e. The van der Waals surface area contributed by atoms with Crippen molar-refractivity contribution in [2.45, 2.75) is 43.7 Å². The van der Waals surface area contributed by atoms with Gasteiger partial charge in [0.2, 0.25) is 0 Å². The summed E-state index contributed by atoms with van der Waals surface area (Å²) in [6.45, 7) is 5.65. The number of nitrogens with zero attached hydrogens (tertiary/aromatic N) is 1. The van der Waals surface area contributed by atoms with Gasteiger partial charge >= 0.3 is 0 Å². The van der Waals surface area contributed by atoms with Gasteiger partial charge in [0, 0.05) is 37.9 Å². The van der Waals surface area contributed by atoms with Crippen LogP contribution in [0.3, 0.4) is 0 Å². The van der Waals surface area contributed by atoms with E-state index in [1.54, 1.807) is 0 Å². The maximum Gasteiger partial charge on any atom is 0.0484 e. The Hall–Kier alpha value is -0.120. The van der Waals surface area contributed by atoms with Gasteiger partial charge < -0.3 is 10.1 Å². The average molecular weight is 210 g/mol. The minimum Gasteiger partial charge on any atom is -0.381 e. The molecule has 3 aliphatic heterocycles. The van der Waals surface area contributed by atoms with Crippen LogP contribution in [0, 0.1) is 0 Å². The fourth-order valence-corrected chi connectivity index (χ4v) is 3.63. The normalized spacial score (nSPS) is 36.4. The van der Waals surface area contributed by atoms with Crippen LogP contribution in [0.1, 0.15) is 32.1 Å². The molecule has 0 aromatic rings. The molecule has 3 nitrogen and oxygen atoms in total. The van der Waals surface area contributed by atoms with E-state index in [2.05, 4.69) is 10.2 Å². The summed E-state index contributed by atoms with van der Waals surface area (Å²) in [4.78, 5) is 2.82. The second-order valence-corrected chi connectivity index (χ2v) is 5.31. The Morgan fingerprint density at radius 3 is 2.93 bits per heavy atom. The van der Waals surface area contributed by atoms with E-state index >= 15 is 0 Å². The standard InChI is InChI=1S/C12H22N2O/c1-2-6-14-11(3-1)9-13-10-12(14)4-7-15-8-5-12/h11,13H,1-10H2. The van der Waals surface area contributed by atoms with Gasteiger partial charge in [0.25, 0.3) is 0 Å². The molecule has 1 unspecified atom stereocenters. The van der Waals surface area contributed by atoms with Crippen molar-refractivity contribution in [3.8, 4) is 0 Å². The van der Waals surface area contributed by atoms with Gasteiger partial charge in [-0.25, -0.2) is 0 Å². The first-order valence-corrected chi connectivity index (χ1v) is 6.46. The zero-order valence-electron chi connectivity index (χ0n) is 9.50. The molecule has 0 bridgehead atoms. The van der Waals surface area contributed by atoms with E-state index in [4.69, 9.17) is 4.74 Å². The van der Waals surface area contributed by atoms with Crippen molar-refractivity contribution < 1.29 is 4.74 Å². The van der Waals surface area contributed by atoms with Crippen LogP contribution in [0.25, 0.3) is 0 Å². The van der Waals surface area contributed by atoms with Crippen LogP contribution in [-0.4, -0.2) is 49.3 Å². The van der Waals surface area contributed by atoms with Crippen molar-refractivity contribution in [3.63, 3.8) is 0 Å². The molecule has 3 heteroatoms. The summed E-state index contributed by atoms with van der Waals surface area (Å²) in [7, 11) is 0. The minimum atomic E-state index is 0.446. The van der Waals surface area contributed by atoms with E-state index < -0.39 is 0 Å². The molecule has 3 rings (SSSR count). The highest BCUT2D eigenvalue weighted by molar-refractivity contribution is 5.02. The van der Waals surface area contributed by atoms with Crippen LogP contribution < -0.4 is 5.32 Å². The second kappa shape index (κ2) is 4.04. The van der Waals surface area contributed by atoms with Crippen LogP contribution in [-0.2, 0) is 4.74 Å². The molecule has 0 saturated carbocycles. The Bertz CT molecular complexity index is 218. The van der Waals surface area contributed by atoms with Gasteiger partial charge in [0.05, 0.1) is 0 Å². The minimum absolute atomic E-state index is 0.446. The molecule has 0 radical (unpaired) electrons. The van der Waals surface area contributed by atoms with Gasteiger partial charge in [-0.2, -0.15) is 0 Å². The molecule has 1 spiro atoms. The van der Waals surface area contributed by atoms with E-state index in [9.17, 15) is 0 Å². The number of piperidine rings is 1. The molecule has 0 aromatic heterocycles. The van der Waals surface area contributed by atoms with Gasteiger partial charge in [0.15, 0.2) is 0 Å². The van der Waals surface area contributed by atoms with E-state index in [1.807, 2.05) is 0 Å². The molecule has 3 aliphatic rings. The van der Waals surface area contributed by atoms with E-state index in [1.165, 1.54) is 51.7 Å². The summed E-state index contributed by atoms with van der Waals surface area (Å²) in [5.41, 5.74) is 0.446. The van der Waals surface area contributed by atoms with Crippen LogP contribution in [0.4, 0.5) is 0 Å². The Kier molecular flexibility index (Phi) is 2.71.